The highest BCUT2D eigenvalue weighted by atomic mass is 16.3. The van der Waals surface area contributed by atoms with E-state index in [2.05, 4.69) is 22.3 Å². The Morgan fingerprint density at radius 1 is 1.41 bits per heavy atom. The molecule has 0 spiro atoms. The van der Waals surface area contributed by atoms with Crippen LogP contribution in [0.5, 0.6) is 0 Å². The van der Waals surface area contributed by atoms with E-state index in [0.717, 1.165) is 6.54 Å². The molecule has 0 aliphatic carbocycles. The van der Waals surface area contributed by atoms with Gasteiger partial charge in [-0.25, -0.2) is 0 Å². The number of amides is 1. The van der Waals surface area contributed by atoms with Gasteiger partial charge in [0.15, 0.2) is 0 Å². The Morgan fingerprint density at radius 2 is 2.09 bits per heavy atom. The lowest BCUT2D eigenvalue weighted by Gasteiger charge is -2.26. The molecule has 1 aromatic carbocycles. The van der Waals surface area contributed by atoms with Crippen LogP contribution in [-0.2, 0) is 11.3 Å². The van der Waals surface area contributed by atoms with E-state index in [1.165, 1.54) is 5.56 Å². The highest BCUT2D eigenvalue weighted by Gasteiger charge is 2.31. The van der Waals surface area contributed by atoms with Crippen molar-refractivity contribution in [1.82, 2.24) is 15.1 Å². The standard InChI is InChI=1S/C17H27N3O2/c1-13(19(2)3)17(22)18-10-15-9-16(21)12-20(15)11-14-7-5-4-6-8-14/h4-8,13,15-16,21H,9-12H2,1-3H3,(H,18,22)/t13-,15?,16?/m0/s1. The van der Waals surface area contributed by atoms with Gasteiger partial charge in [-0.2, -0.15) is 0 Å². The third-order valence-corrected chi connectivity index (χ3v) is 4.40. The van der Waals surface area contributed by atoms with Gasteiger partial charge in [0.25, 0.3) is 0 Å². The molecule has 1 fully saturated rings. The molecule has 2 rings (SSSR count). The molecule has 0 bridgehead atoms. The van der Waals surface area contributed by atoms with Gasteiger partial charge in [-0.3, -0.25) is 14.6 Å². The molecular weight excluding hydrogens is 278 g/mol. The zero-order chi connectivity index (χ0) is 16.1. The molecule has 5 heteroatoms. The van der Waals surface area contributed by atoms with Crippen molar-refractivity contribution < 1.29 is 9.90 Å². The minimum Gasteiger partial charge on any atom is -0.392 e. The first kappa shape index (κ1) is 16.9. The van der Waals surface area contributed by atoms with Crippen LogP contribution in [0.25, 0.3) is 0 Å². The number of aliphatic hydroxyl groups excluding tert-OH is 1. The van der Waals surface area contributed by atoms with Crippen molar-refractivity contribution in [1.29, 1.82) is 0 Å². The van der Waals surface area contributed by atoms with Gasteiger partial charge in [0.2, 0.25) is 5.91 Å². The molecule has 0 aromatic heterocycles. The van der Waals surface area contributed by atoms with E-state index in [9.17, 15) is 9.90 Å². The predicted molar refractivity (Wildman–Crippen MR) is 87.4 cm³/mol. The molecule has 2 N–H and O–H groups in total. The maximum absolute atomic E-state index is 12.1. The average Bonchev–Trinajstić information content (AvgIpc) is 2.84. The number of hydrogen-bond acceptors (Lipinski definition) is 4. The molecule has 5 nitrogen and oxygen atoms in total. The van der Waals surface area contributed by atoms with Crippen molar-refractivity contribution in [2.45, 2.75) is 38.1 Å². The SMILES string of the molecule is C[C@@H](C(=O)NCC1CC(O)CN1Cc1ccccc1)N(C)C. The van der Waals surface area contributed by atoms with Crippen molar-refractivity contribution in [3.63, 3.8) is 0 Å². The van der Waals surface area contributed by atoms with Gasteiger partial charge in [0.05, 0.1) is 12.1 Å². The second kappa shape index (κ2) is 7.72. The first-order chi connectivity index (χ1) is 10.5. The summed E-state index contributed by atoms with van der Waals surface area (Å²) >= 11 is 0. The second-order valence-electron chi connectivity index (χ2n) is 6.34. The maximum atomic E-state index is 12.1. The van der Waals surface area contributed by atoms with Crippen molar-refractivity contribution in [3.8, 4) is 0 Å². The third-order valence-electron chi connectivity index (χ3n) is 4.40. The van der Waals surface area contributed by atoms with Gasteiger partial charge in [-0.15, -0.1) is 0 Å². The van der Waals surface area contributed by atoms with Gasteiger partial charge < -0.3 is 10.4 Å². The molecule has 1 amide bonds. The van der Waals surface area contributed by atoms with Crippen LogP contribution in [0.15, 0.2) is 30.3 Å². The monoisotopic (exact) mass is 305 g/mol. The number of hydrogen-bond donors (Lipinski definition) is 2. The van der Waals surface area contributed by atoms with Crippen LogP contribution in [0.1, 0.15) is 18.9 Å². The summed E-state index contributed by atoms with van der Waals surface area (Å²) in [5.74, 6) is 0.0334. The Labute approximate surface area is 132 Å². The van der Waals surface area contributed by atoms with Crippen LogP contribution in [0.2, 0.25) is 0 Å². The van der Waals surface area contributed by atoms with Crippen LogP contribution in [0.3, 0.4) is 0 Å². The number of likely N-dealkylation sites (N-methyl/N-ethyl adjacent to an activating group) is 1. The summed E-state index contributed by atoms with van der Waals surface area (Å²) in [6, 6.07) is 10.3. The number of benzene rings is 1. The van der Waals surface area contributed by atoms with Crippen LogP contribution in [0, 0.1) is 0 Å². The number of aliphatic hydroxyl groups is 1. The summed E-state index contributed by atoms with van der Waals surface area (Å²) in [6.45, 7) is 3.95. The van der Waals surface area contributed by atoms with Crippen LogP contribution in [0.4, 0.5) is 0 Å². The zero-order valence-electron chi connectivity index (χ0n) is 13.7. The van der Waals surface area contributed by atoms with Crippen LogP contribution >= 0.6 is 0 Å². The van der Waals surface area contributed by atoms with E-state index < -0.39 is 0 Å². The topological polar surface area (TPSA) is 55.8 Å². The summed E-state index contributed by atoms with van der Waals surface area (Å²) in [6.07, 6.45) is 0.403. The zero-order valence-corrected chi connectivity index (χ0v) is 13.7. The van der Waals surface area contributed by atoms with Crippen LogP contribution < -0.4 is 5.32 Å². The van der Waals surface area contributed by atoms with Crippen molar-refractivity contribution in [2.24, 2.45) is 0 Å². The largest absolute Gasteiger partial charge is 0.392 e. The van der Waals surface area contributed by atoms with E-state index in [-0.39, 0.29) is 24.1 Å². The Morgan fingerprint density at radius 3 is 2.73 bits per heavy atom. The summed E-state index contributed by atoms with van der Waals surface area (Å²) in [5, 5.41) is 13.0. The lowest BCUT2D eigenvalue weighted by molar-refractivity contribution is -0.125. The smallest absolute Gasteiger partial charge is 0.237 e. The number of carbonyl (C=O) groups is 1. The Balaban J connectivity index is 1.89. The first-order valence-electron chi connectivity index (χ1n) is 7.87. The molecule has 1 aromatic rings. The van der Waals surface area contributed by atoms with E-state index in [4.69, 9.17) is 0 Å². The highest BCUT2D eigenvalue weighted by molar-refractivity contribution is 5.81. The molecular formula is C17H27N3O2. The molecule has 1 saturated heterocycles. The van der Waals surface area contributed by atoms with Crippen LogP contribution in [-0.4, -0.2) is 66.2 Å². The number of nitrogens with one attached hydrogen (secondary N) is 1. The number of carbonyl (C=O) groups excluding carboxylic acids is 1. The van der Waals surface area contributed by atoms with Crippen molar-refractivity contribution >= 4 is 5.91 Å². The highest BCUT2D eigenvalue weighted by Crippen LogP contribution is 2.20. The first-order valence-corrected chi connectivity index (χ1v) is 7.87. The number of rotatable bonds is 6. The van der Waals surface area contributed by atoms with E-state index >= 15 is 0 Å². The van der Waals surface area contributed by atoms with E-state index in [1.54, 1.807) is 0 Å². The molecule has 2 unspecified atom stereocenters. The summed E-state index contributed by atoms with van der Waals surface area (Å²) in [7, 11) is 3.79. The molecule has 1 heterocycles. The van der Waals surface area contributed by atoms with Gasteiger partial charge in [-0.05, 0) is 33.0 Å². The fourth-order valence-electron chi connectivity index (χ4n) is 2.78. The normalized spacial score (nSPS) is 23.7. The van der Waals surface area contributed by atoms with Gasteiger partial charge in [-0.1, -0.05) is 30.3 Å². The lowest BCUT2D eigenvalue weighted by atomic mass is 10.1. The predicted octanol–water partition coefficient (Wildman–Crippen LogP) is 0.688. The Bertz CT molecular complexity index is 478. The van der Waals surface area contributed by atoms with Crippen molar-refractivity contribution in [2.75, 3.05) is 27.2 Å². The minimum absolute atomic E-state index is 0.0334. The molecule has 122 valence electrons. The number of β-amino-alcohol motifs (C(OH)–C–C–N with tert-alkyl or cyclic N) is 1. The average molecular weight is 305 g/mol. The third kappa shape index (κ3) is 4.53. The van der Waals surface area contributed by atoms with Gasteiger partial charge >= 0.3 is 0 Å². The lowest BCUT2D eigenvalue weighted by Crippen LogP contribution is -2.46. The number of nitrogens with zero attached hydrogens (tertiary/aromatic N) is 2. The summed E-state index contributed by atoms with van der Waals surface area (Å²) < 4.78 is 0. The fraction of sp³-hybridized carbons (Fsp3) is 0.588. The maximum Gasteiger partial charge on any atom is 0.237 e. The fourth-order valence-corrected chi connectivity index (χ4v) is 2.78. The molecule has 1 aliphatic heterocycles. The Hall–Kier alpha value is -1.43. The Kier molecular flexibility index (Phi) is 5.94. The van der Waals surface area contributed by atoms with E-state index in [0.29, 0.717) is 19.5 Å². The van der Waals surface area contributed by atoms with E-state index in [1.807, 2.05) is 44.1 Å². The molecule has 3 atom stereocenters. The summed E-state index contributed by atoms with van der Waals surface area (Å²) in [5.41, 5.74) is 1.23. The molecule has 0 saturated carbocycles. The number of likely N-dealkylation sites (tertiary alicyclic amines) is 1. The molecule has 22 heavy (non-hydrogen) atoms. The quantitative estimate of drug-likeness (QED) is 0.812. The summed E-state index contributed by atoms with van der Waals surface area (Å²) in [4.78, 5) is 16.2. The molecule has 1 aliphatic rings. The van der Waals surface area contributed by atoms with Gasteiger partial charge in [0, 0.05) is 25.7 Å². The van der Waals surface area contributed by atoms with Crippen molar-refractivity contribution in [3.05, 3.63) is 35.9 Å². The van der Waals surface area contributed by atoms with Gasteiger partial charge in [0.1, 0.15) is 0 Å². The minimum atomic E-state index is -0.308. The second-order valence-corrected chi connectivity index (χ2v) is 6.34. The molecule has 0 radical (unpaired) electrons.